The molecule has 0 unspecified atom stereocenters. The van der Waals surface area contributed by atoms with Gasteiger partial charge in [-0.25, -0.2) is 4.39 Å². The number of anilines is 1. The number of piperazine rings is 1. The van der Waals surface area contributed by atoms with Crippen molar-refractivity contribution in [1.82, 2.24) is 14.8 Å². The van der Waals surface area contributed by atoms with Gasteiger partial charge in [-0.3, -0.25) is 19.5 Å². The van der Waals surface area contributed by atoms with E-state index in [2.05, 4.69) is 22.1 Å². The summed E-state index contributed by atoms with van der Waals surface area (Å²) in [4.78, 5) is 33.9. The van der Waals surface area contributed by atoms with Crippen molar-refractivity contribution in [2.24, 2.45) is 5.92 Å². The predicted octanol–water partition coefficient (Wildman–Crippen LogP) is 4.20. The number of aryl methyl sites for hydroxylation is 1. The van der Waals surface area contributed by atoms with E-state index in [9.17, 15) is 14.0 Å². The molecule has 7 nitrogen and oxygen atoms in total. The molecule has 2 aromatic rings. The third-order valence-corrected chi connectivity index (χ3v) is 7.19. The van der Waals surface area contributed by atoms with E-state index >= 15 is 0 Å². The molecule has 2 saturated heterocycles. The molecular weight excluding hydrogens is 471 g/mol. The maximum absolute atomic E-state index is 13.9. The smallest absolute Gasteiger partial charge is 0.257 e. The molecule has 2 aliphatic rings. The number of carbonyl (C=O) groups is 2. The number of ether oxygens (including phenoxy) is 1. The van der Waals surface area contributed by atoms with E-state index < -0.39 is 11.7 Å². The molecule has 4 rings (SSSR count). The second-order valence-electron chi connectivity index (χ2n) is 9.49. The number of nitrogens with one attached hydrogen (secondary N) is 1. The van der Waals surface area contributed by atoms with Crippen LogP contribution in [0.2, 0.25) is 5.02 Å². The maximum Gasteiger partial charge on any atom is 0.257 e. The minimum absolute atomic E-state index is 0.0660. The van der Waals surface area contributed by atoms with Gasteiger partial charge in [-0.2, -0.15) is 0 Å². The second kappa shape index (κ2) is 11.0. The summed E-state index contributed by atoms with van der Waals surface area (Å²) in [6.07, 6.45) is 2.96. The van der Waals surface area contributed by atoms with Crippen LogP contribution < -0.4 is 5.32 Å². The van der Waals surface area contributed by atoms with Crippen LogP contribution in [0.3, 0.4) is 0 Å². The van der Waals surface area contributed by atoms with Crippen molar-refractivity contribution < 1.29 is 18.7 Å². The van der Waals surface area contributed by atoms with Crippen LogP contribution in [0, 0.1) is 25.6 Å². The first-order valence-electron chi connectivity index (χ1n) is 12.1. The molecule has 9 heteroatoms. The van der Waals surface area contributed by atoms with Crippen LogP contribution in [-0.4, -0.2) is 65.5 Å². The molecule has 0 aliphatic carbocycles. The van der Waals surface area contributed by atoms with Crippen LogP contribution in [0.4, 0.5) is 10.1 Å². The van der Waals surface area contributed by atoms with Gasteiger partial charge < -0.3 is 15.0 Å². The molecule has 3 heterocycles. The number of carbonyl (C=O) groups excluding carboxylic acids is 2. The molecular formula is C26H32ClFN4O3. The lowest BCUT2D eigenvalue weighted by Gasteiger charge is -2.42. The van der Waals surface area contributed by atoms with Crippen molar-refractivity contribution in [3.8, 4) is 0 Å². The van der Waals surface area contributed by atoms with Gasteiger partial charge in [-0.15, -0.1) is 0 Å². The largest absolute Gasteiger partial charge is 0.381 e. The number of nitrogens with zero attached hydrogens (tertiary/aromatic N) is 3. The number of halogens is 2. The van der Waals surface area contributed by atoms with Gasteiger partial charge in [0.25, 0.3) is 5.91 Å². The molecule has 0 spiro atoms. The molecule has 188 valence electrons. The van der Waals surface area contributed by atoms with Gasteiger partial charge in [0.15, 0.2) is 0 Å². The third kappa shape index (κ3) is 6.00. The first-order chi connectivity index (χ1) is 16.7. The van der Waals surface area contributed by atoms with E-state index in [-0.39, 0.29) is 29.1 Å². The van der Waals surface area contributed by atoms with E-state index in [0.717, 1.165) is 37.1 Å². The Kier molecular flexibility index (Phi) is 8.04. The van der Waals surface area contributed by atoms with E-state index in [1.54, 1.807) is 13.0 Å². The fourth-order valence-corrected chi connectivity index (χ4v) is 5.02. The van der Waals surface area contributed by atoms with E-state index in [0.29, 0.717) is 37.0 Å². The normalized spacial score (nSPS) is 19.6. The zero-order valence-electron chi connectivity index (χ0n) is 20.4. The van der Waals surface area contributed by atoms with E-state index in [4.69, 9.17) is 16.3 Å². The minimum atomic E-state index is -0.523. The van der Waals surface area contributed by atoms with Gasteiger partial charge in [-0.05, 0) is 62.9 Å². The van der Waals surface area contributed by atoms with Crippen molar-refractivity contribution in [1.29, 1.82) is 0 Å². The first kappa shape index (κ1) is 25.5. The van der Waals surface area contributed by atoms with Crippen LogP contribution in [0.5, 0.6) is 0 Å². The highest BCUT2D eigenvalue weighted by Crippen LogP contribution is 2.28. The highest BCUT2D eigenvalue weighted by molar-refractivity contribution is 6.31. The van der Waals surface area contributed by atoms with Crippen molar-refractivity contribution in [2.45, 2.75) is 46.2 Å². The highest BCUT2D eigenvalue weighted by atomic mass is 35.5. The third-order valence-electron chi connectivity index (χ3n) is 6.97. The molecule has 35 heavy (non-hydrogen) atoms. The summed E-state index contributed by atoms with van der Waals surface area (Å²) in [5, 5.41) is 3.36. The Balaban J connectivity index is 1.42. The maximum atomic E-state index is 13.9. The SMILES string of the molecule is Cc1ncc(C(=O)Nc2cc(Cl)cc(CN3CCN(C(=O)C4CCOCC4)[C@@H](C)C3)c2C)cc1F. The minimum Gasteiger partial charge on any atom is -0.381 e. The summed E-state index contributed by atoms with van der Waals surface area (Å²) in [5.41, 5.74) is 2.87. The number of aromatic nitrogens is 1. The second-order valence-corrected chi connectivity index (χ2v) is 9.92. The summed E-state index contributed by atoms with van der Waals surface area (Å²) < 4.78 is 19.3. The number of hydrogen-bond donors (Lipinski definition) is 1. The Morgan fingerprint density at radius 3 is 2.63 bits per heavy atom. The number of benzene rings is 1. The molecule has 2 aliphatic heterocycles. The molecule has 1 aromatic carbocycles. The zero-order chi connectivity index (χ0) is 25.1. The van der Waals surface area contributed by atoms with Crippen molar-refractivity contribution in [3.63, 3.8) is 0 Å². The number of pyridine rings is 1. The van der Waals surface area contributed by atoms with Gasteiger partial charge in [0.1, 0.15) is 5.82 Å². The zero-order valence-corrected chi connectivity index (χ0v) is 21.2. The molecule has 0 bridgehead atoms. The molecule has 0 saturated carbocycles. The highest BCUT2D eigenvalue weighted by Gasteiger charge is 2.32. The lowest BCUT2D eigenvalue weighted by molar-refractivity contribution is -0.143. The summed E-state index contributed by atoms with van der Waals surface area (Å²) in [7, 11) is 0. The monoisotopic (exact) mass is 502 g/mol. The van der Waals surface area contributed by atoms with Gasteiger partial charge in [0.2, 0.25) is 5.91 Å². The van der Waals surface area contributed by atoms with Crippen LogP contribution in [0.1, 0.15) is 46.9 Å². The lowest BCUT2D eigenvalue weighted by atomic mass is 9.97. The molecule has 2 fully saturated rings. The first-order valence-corrected chi connectivity index (χ1v) is 12.4. The standard InChI is InChI=1S/C26H32ClFN4O3/c1-16-14-31(6-7-32(16)26(34)19-4-8-35-9-5-19)15-21-10-22(27)12-24(17(21)2)30-25(33)20-11-23(28)18(3)29-13-20/h10-13,16,19H,4-9,14-15H2,1-3H3,(H,30,33)/t16-/m0/s1. The van der Waals surface area contributed by atoms with Crippen molar-refractivity contribution in [3.05, 3.63) is 57.6 Å². The average molecular weight is 503 g/mol. The van der Waals surface area contributed by atoms with E-state index in [1.807, 2.05) is 17.9 Å². The van der Waals surface area contributed by atoms with Crippen molar-refractivity contribution >= 4 is 29.1 Å². The van der Waals surface area contributed by atoms with Crippen LogP contribution in [0.15, 0.2) is 24.4 Å². The summed E-state index contributed by atoms with van der Waals surface area (Å²) in [6, 6.07) is 4.90. The summed E-state index contributed by atoms with van der Waals surface area (Å²) in [5.74, 6) is -0.658. The Morgan fingerprint density at radius 2 is 1.94 bits per heavy atom. The van der Waals surface area contributed by atoms with E-state index in [1.165, 1.54) is 12.3 Å². The summed E-state index contributed by atoms with van der Waals surface area (Å²) >= 11 is 6.39. The molecule has 1 aromatic heterocycles. The fraction of sp³-hybridized carbons (Fsp3) is 0.500. The molecule has 1 N–H and O–H groups in total. The molecule has 0 radical (unpaired) electrons. The Labute approximate surface area is 210 Å². The Hall–Kier alpha value is -2.55. The fourth-order valence-electron chi connectivity index (χ4n) is 4.78. The van der Waals surface area contributed by atoms with Crippen LogP contribution >= 0.6 is 11.6 Å². The van der Waals surface area contributed by atoms with Crippen molar-refractivity contribution in [2.75, 3.05) is 38.2 Å². The summed E-state index contributed by atoms with van der Waals surface area (Å²) in [6.45, 7) is 9.76. The number of hydrogen-bond acceptors (Lipinski definition) is 5. The molecule has 1 atom stereocenters. The van der Waals surface area contributed by atoms with Crippen LogP contribution in [-0.2, 0) is 16.1 Å². The van der Waals surface area contributed by atoms with Gasteiger partial charge in [-0.1, -0.05) is 11.6 Å². The van der Waals surface area contributed by atoms with Crippen LogP contribution in [0.25, 0.3) is 0 Å². The number of rotatable bonds is 5. The Morgan fingerprint density at radius 1 is 1.20 bits per heavy atom. The average Bonchev–Trinajstić information content (AvgIpc) is 2.84. The Bertz CT molecular complexity index is 1110. The molecule has 2 amide bonds. The topological polar surface area (TPSA) is 74.8 Å². The predicted molar refractivity (Wildman–Crippen MR) is 133 cm³/mol. The van der Waals surface area contributed by atoms with Gasteiger partial charge in [0, 0.05) is 68.3 Å². The number of amides is 2. The lowest BCUT2D eigenvalue weighted by Crippen LogP contribution is -2.55. The quantitative estimate of drug-likeness (QED) is 0.663. The van der Waals surface area contributed by atoms with Gasteiger partial charge >= 0.3 is 0 Å². The van der Waals surface area contributed by atoms with Gasteiger partial charge in [0.05, 0.1) is 11.3 Å².